The van der Waals surface area contributed by atoms with Crippen LogP contribution in [0, 0.1) is 11.3 Å². The minimum Gasteiger partial charge on any atom is -0.377 e. The fourth-order valence-corrected chi connectivity index (χ4v) is 2.99. The molecule has 98 valence electrons. The van der Waals surface area contributed by atoms with E-state index in [1.165, 1.54) is 0 Å². The van der Waals surface area contributed by atoms with Gasteiger partial charge < -0.3 is 15.8 Å². The predicted octanol–water partition coefficient (Wildman–Crippen LogP) is 1.51. The second-order valence-corrected chi connectivity index (χ2v) is 5.20. The quantitative estimate of drug-likeness (QED) is 0.351. The van der Waals surface area contributed by atoms with E-state index in [0.29, 0.717) is 30.6 Å². The van der Waals surface area contributed by atoms with Crippen molar-refractivity contribution in [1.29, 1.82) is 0 Å². The molecule has 0 aromatic heterocycles. The smallest absolute Gasteiger partial charge is 0.189 e. The molecule has 4 nitrogen and oxygen atoms in total. The van der Waals surface area contributed by atoms with Gasteiger partial charge in [0.1, 0.15) is 0 Å². The van der Waals surface area contributed by atoms with Crippen molar-refractivity contribution in [1.82, 2.24) is 5.32 Å². The number of rotatable bonds is 3. The molecule has 1 saturated heterocycles. The van der Waals surface area contributed by atoms with Crippen molar-refractivity contribution >= 4 is 29.9 Å². The van der Waals surface area contributed by atoms with E-state index in [9.17, 15) is 0 Å². The Hall–Kier alpha value is -0.300. The Morgan fingerprint density at radius 3 is 3.00 bits per heavy atom. The van der Waals surface area contributed by atoms with Gasteiger partial charge in [-0.2, -0.15) is 0 Å². The highest BCUT2D eigenvalue weighted by Crippen LogP contribution is 2.51. The van der Waals surface area contributed by atoms with Crippen LogP contribution in [-0.4, -0.2) is 31.3 Å². The molecule has 0 spiro atoms. The third kappa shape index (κ3) is 2.59. The van der Waals surface area contributed by atoms with Gasteiger partial charge in [0.2, 0.25) is 0 Å². The Balaban J connectivity index is 0.00000144. The first kappa shape index (κ1) is 14.8. The van der Waals surface area contributed by atoms with Crippen molar-refractivity contribution in [2.24, 2.45) is 22.1 Å². The van der Waals surface area contributed by atoms with Crippen LogP contribution in [0.25, 0.3) is 0 Å². The zero-order valence-electron chi connectivity index (χ0n) is 10.5. The number of nitrogens with one attached hydrogen (secondary N) is 1. The molecule has 0 aromatic carbocycles. The molecule has 1 aliphatic carbocycles. The molecule has 2 rings (SSSR count). The molecule has 3 N–H and O–H groups in total. The van der Waals surface area contributed by atoms with E-state index in [4.69, 9.17) is 10.5 Å². The molecule has 0 amide bonds. The van der Waals surface area contributed by atoms with E-state index in [-0.39, 0.29) is 29.4 Å². The summed E-state index contributed by atoms with van der Waals surface area (Å²) < 4.78 is 5.72. The van der Waals surface area contributed by atoms with Gasteiger partial charge in [0.05, 0.1) is 12.6 Å². The molecule has 2 fully saturated rings. The predicted molar refractivity (Wildman–Crippen MR) is 80.7 cm³/mol. The summed E-state index contributed by atoms with van der Waals surface area (Å²) in [5.74, 6) is 1.11. The Morgan fingerprint density at radius 1 is 1.65 bits per heavy atom. The van der Waals surface area contributed by atoms with Crippen LogP contribution in [0.2, 0.25) is 0 Å². The highest BCUT2D eigenvalue weighted by atomic mass is 127. The summed E-state index contributed by atoms with van der Waals surface area (Å²) in [6.07, 6.45) is 3.25. The summed E-state index contributed by atoms with van der Waals surface area (Å²) in [5, 5.41) is 3.31. The van der Waals surface area contributed by atoms with E-state index >= 15 is 0 Å². The van der Waals surface area contributed by atoms with Crippen LogP contribution in [0.4, 0.5) is 0 Å². The summed E-state index contributed by atoms with van der Waals surface area (Å²) in [4.78, 5) is 4.17. The molecular formula is C12H22IN3O. The number of nitrogens with zero attached hydrogens (tertiary/aromatic N) is 1. The molecule has 1 saturated carbocycles. The van der Waals surface area contributed by atoms with Gasteiger partial charge in [-0.1, -0.05) is 19.9 Å². The number of hydrogen-bond acceptors (Lipinski definition) is 2. The first-order valence-electron chi connectivity index (χ1n) is 5.86. The standard InChI is InChI=1S/C12H21N3O.HI/c1-4-6-14-11(13)15-9-8-5-7-16-10(8)12(9,2)3;/h4,8-10H,1,5-7H2,2-3H3,(H3,13,14,15);1H. The SMILES string of the molecule is C=CCN=C(N)NC1C2CCOC2C1(C)C.I. The van der Waals surface area contributed by atoms with Crippen LogP contribution in [0.15, 0.2) is 17.6 Å². The molecule has 2 aliphatic rings. The van der Waals surface area contributed by atoms with Gasteiger partial charge in [0.25, 0.3) is 0 Å². The number of hydrogen-bond donors (Lipinski definition) is 2. The zero-order chi connectivity index (χ0) is 11.8. The number of halogens is 1. The van der Waals surface area contributed by atoms with Crippen molar-refractivity contribution in [3.63, 3.8) is 0 Å². The molecular weight excluding hydrogens is 329 g/mol. The van der Waals surface area contributed by atoms with Crippen LogP contribution in [0.1, 0.15) is 20.3 Å². The van der Waals surface area contributed by atoms with Gasteiger partial charge in [-0.15, -0.1) is 30.6 Å². The normalized spacial score (nSPS) is 34.2. The fourth-order valence-electron chi connectivity index (χ4n) is 2.99. The Morgan fingerprint density at radius 2 is 2.35 bits per heavy atom. The molecule has 0 aromatic rings. The van der Waals surface area contributed by atoms with Gasteiger partial charge in [0, 0.05) is 24.0 Å². The number of nitrogens with two attached hydrogens (primary N) is 1. The van der Waals surface area contributed by atoms with E-state index in [2.05, 4.69) is 30.7 Å². The average molecular weight is 351 g/mol. The summed E-state index contributed by atoms with van der Waals surface area (Å²) in [7, 11) is 0. The molecule has 17 heavy (non-hydrogen) atoms. The minimum absolute atomic E-state index is 0. The van der Waals surface area contributed by atoms with Crippen molar-refractivity contribution in [3.05, 3.63) is 12.7 Å². The molecule has 0 bridgehead atoms. The van der Waals surface area contributed by atoms with Crippen LogP contribution in [0.5, 0.6) is 0 Å². The van der Waals surface area contributed by atoms with Crippen LogP contribution >= 0.6 is 24.0 Å². The molecule has 1 aliphatic heterocycles. The summed E-state index contributed by atoms with van der Waals surface area (Å²) in [6, 6.07) is 0.383. The highest BCUT2D eigenvalue weighted by Gasteiger charge is 2.59. The maximum Gasteiger partial charge on any atom is 0.189 e. The minimum atomic E-state index is 0. The second-order valence-electron chi connectivity index (χ2n) is 5.20. The molecule has 3 atom stereocenters. The highest BCUT2D eigenvalue weighted by molar-refractivity contribution is 14.0. The summed E-state index contributed by atoms with van der Waals surface area (Å²) >= 11 is 0. The third-order valence-corrected chi connectivity index (χ3v) is 3.79. The van der Waals surface area contributed by atoms with Crippen LogP contribution in [0.3, 0.4) is 0 Å². The lowest BCUT2D eigenvalue weighted by Crippen LogP contribution is -2.67. The monoisotopic (exact) mass is 351 g/mol. The summed E-state index contributed by atoms with van der Waals surface area (Å²) in [5.41, 5.74) is 5.97. The van der Waals surface area contributed by atoms with Gasteiger partial charge in [-0.05, 0) is 6.42 Å². The number of ether oxygens (including phenoxy) is 1. The van der Waals surface area contributed by atoms with Crippen molar-refractivity contribution < 1.29 is 4.74 Å². The zero-order valence-corrected chi connectivity index (χ0v) is 12.8. The van der Waals surface area contributed by atoms with Crippen molar-refractivity contribution in [2.75, 3.05) is 13.2 Å². The third-order valence-electron chi connectivity index (χ3n) is 3.79. The Bertz CT molecular complexity index is 317. The maximum atomic E-state index is 5.82. The second kappa shape index (κ2) is 5.56. The first-order valence-corrected chi connectivity index (χ1v) is 5.86. The largest absolute Gasteiger partial charge is 0.377 e. The Labute approximate surface area is 120 Å². The van der Waals surface area contributed by atoms with Crippen molar-refractivity contribution in [3.8, 4) is 0 Å². The topological polar surface area (TPSA) is 59.6 Å². The van der Waals surface area contributed by atoms with Crippen molar-refractivity contribution in [2.45, 2.75) is 32.4 Å². The van der Waals surface area contributed by atoms with Crippen LogP contribution < -0.4 is 11.1 Å². The van der Waals surface area contributed by atoms with Gasteiger partial charge >= 0.3 is 0 Å². The molecule has 0 radical (unpaired) electrons. The first-order chi connectivity index (χ1) is 7.57. The summed E-state index contributed by atoms with van der Waals surface area (Å²) in [6.45, 7) is 9.50. The lowest BCUT2D eigenvalue weighted by Gasteiger charge is -2.54. The average Bonchev–Trinajstić information content (AvgIpc) is 2.69. The van der Waals surface area contributed by atoms with E-state index in [0.717, 1.165) is 13.0 Å². The lowest BCUT2D eigenvalue weighted by molar-refractivity contribution is -0.106. The van der Waals surface area contributed by atoms with E-state index in [1.807, 2.05) is 0 Å². The van der Waals surface area contributed by atoms with E-state index < -0.39 is 0 Å². The van der Waals surface area contributed by atoms with Gasteiger partial charge in [-0.25, -0.2) is 4.99 Å². The van der Waals surface area contributed by atoms with Gasteiger partial charge in [0.15, 0.2) is 5.96 Å². The number of guanidine groups is 1. The maximum absolute atomic E-state index is 5.82. The lowest BCUT2D eigenvalue weighted by atomic mass is 9.57. The molecule has 1 heterocycles. The number of fused-ring (bicyclic) bond motifs is 1. The molecule has 3 unspecified atom stereocenters. The molecule has 5 heteroatoms. The Kier molecular flexibility index (Phi) is 4.83. The van der Waals surface area contributed by atoms with Gasteiger partial charge in [-0.3, -0.25) is 0 Å². The fraction of sp³-hybridized carbons (Fsp3) is 0.750. The number of aliphatic imine (C=N–C) groups is 1. The van der Waals surface area contributed by atoms with E-state index in [1.54, 1.807) is 6.08 Å². The van der Waals surface area contributed by atoms with Crippen LogP contribution in [-0.2, 0) is 4.74 Å².